The lowest BCUT2D eigenvalue weighted by Crippen LogP contribution is -2.35. The molecule has 0 spiro atoms. The van der Waals surface area contributed by atoms with Crippen molar-refractivity contribution in [1.82, 2.24) is 10.3 Å². The van der Waals surface area contributed by atoms with Gasteiger partial charge in [-0.1, -0.05) is 0 Å². The number of methoxy groups -OCH3 is 1. The van der Waals surface area contributed by atoms with Crippen LogP contribution >= 0.6 is 0 Å². The summed E-state index contributed by atoms with van der Waals surface area (Å²) in [5.74, 6) is 0. The van der Waals surface area contributed by atoms with Gasteiger partial charge >= 0.3 is 0 Å². The monoisotopic (exact) mass is 237 g/mol. The summed E-state index contributed by atoms with van der Waals surface area (Å²) < 4.78 is 5.17. The van der Waals surface area contributed by atoms with Crippen LogP contribution in [0.1, 0.15) is 19.4 Å². The molecule has 0 fully saturated rings. The van der Waals surface area contributed by atoms with Crippen LogP contribution in [0.25, 0.3) is 0 Å². The van der Waals surface area contributed by atoms with Crippen LogP contribution in [0.4, 0.5) is 5.69 Å². The van der Waals surface area contributed by atoms with Crippen LogP contribution in [0.2, 0.25) is 0 Å². The van der Waals surface area contributed by atoms with Gasteiger partial charge in [0.05, 0.1) is 18.5 Å². The van der Waals surface area contributed by atoms with Gasteiger partial charge in [-0.15, -0.1) is 0 Å². The zero-order valence-corrected chi connectivity index (χ0v) is 11.2. The van der Waals surface area contributed by atoms with Crippen LogP contribution in [-0.4, -0.2) is 38.3 Å². The number of hydrogen-bond acceptors (Lipinski definition) is 4. The maximum Gasteiger partial charge on any atom is 0.0637 e. The van der Waals surface area contributed by atoms with E-state index in [4.69, 9.17) is 4.74 Å². The highest BCUT2D eigenvalue weighted by molar-refractivity contribution is 5.52. The van der Waals surface area contributed by atoms with E-state index in [1.54, 1.807) is 7.11 Å². The summed E-state index contributed by atoms with van der Waals surface area (Å²) in [7, 11) is 3.69. The highest BCUT2D eigenvalue weighted by Gasteiger charge is 2.13. The molecule has 1 aromatic rings. The minimum atomic E-state index is 0.435. The third-order valence-electron chi connectivity index (χ3n) is 2.72. The predicted octanol–water partition coefficient (Wildman–Crippen LogP) is 1.66. The quantitative estimate of drug-likeness (QED) is 0.782. The third-order valence-corrected chi connectivity index (χ3v) is 2.72. The van der Waals surface area contributed by atoms with Crippen LogP contribution in [-0.2, 0) is 11.3 Å². The molecule has 1 aromatic heterocycles. The minimum Gasteiger partial charge on any atom is -0.383 e. The van der Waals surface area contributed by atoms with E-state index >= 15 is 0 Å². The molecule has 1 rings (SSSR count). The first-order valence-corrected chi connectivity index (χ1v) is 6.03. The van der Waals surface area contributed by atoms with Crippen molar-refractivity contribution in [3.63, 3.8) is 0 Å². The van der Waals surface area contributed by atoms with Gasteiger partial charge in [0.25, 0.3) is 0 Å². The minimum absolute atomic E-state index is 0.435. The number of anilines is 1. The number of aromatic nitrogens is 1. The Kier molecular flexibility index (Phi) is 5.94. The summed E-state index contributed by atoms with van der Waals surface area (Å²) in [6.45, 7) is 6.84. The van der Waals surface area contributed by atoms with E-state index in [-0.39, 0.29) is 0 Å². The molecule has 0 amide bonds. The first kappa shape index (κ1) is 13.9. The van der Waals surface area contributed by atoms with Gasteiger partial charge in [0.2, 0.25) is 0 Å². The number of nitrogens with zero attached hydrogens (tertiary/aromatic N) is 2. The van der Waals surface area contributed by atoms with Crippen LogP contribution in [0.3, 0.4) is 0 Å². The summed E-state index contributed by atoms with van der Waals surface area (Å²) >= 11 is 0. The molecule has 0 aromatic carbocycles. The van der Waals surface area contributed by atoms with Crippen molar-refractivity contribution in [2.24, 2.45) is 0 Å². The number of ether oxygens (including phenoxy) is 1. The van der Waals surface area contributed by atoms with Gasteiger partial charge in [-0.3, -0.25) is 4.98 Å². The molecular formula is C13H23N3O. The van der Waals surface area contributed by atoms with E-state index in [0.717, 1.165) is 19.7 Å². The molecule has 0 atom stereocenters. The summed E-state index contributed by atoms with van der Waals surface area (Å²) in [5, 5.41) is 3.19. The molecule has 0 unspecified atom stereocenters. The van der Waals surface area contributed by atoms with Crippen molar-refractivity contribution in [3.05, 3.63) is 24.0 Å². The second-order valence-electron chi connectivity index (χ2n) is 4.31. The number of nitrogens with one attached hydrogen (secondary N) is 1. The highest BCUT2D eigenvalue weighted by atomic mass is 16.5. The molecular weight excluding hydrogens is 214 g/mol. The van der Waals surface area contributed by atoms with Crippen LogP contribution in [0.15, 0.2) is 18.5 Å². The summed E-state index contributed by atoms with van der Waals surface area (Å²) in [6.07, 6.45) is 3.77. The van der Waals surface area contributed by atoms with Crippen LogP contribution in [0.5, 0.6) is 0 Å². The molecule has 0 aliphatic heterocycles. The Bertz CT molecular complexity index is 328. The number of hydrogen-bond donors (Lipinski definition) is 1. The fraction of sp³-hybridized carbons (Fsp3) is 0.615. The van der Waals surface area contributed by atoms with Crippen LogP contribution < -0.4 is 10.2 Å². The Morgan fingerprint density at radius 1 is 1.47 bits per heavy atom. The molecule has 0 saturated carbocycles. The van der Waals surface area contributed by atoms with E-state index in [1.165, 1.54) is 11.3 Å². The Morgan fingerprint density at radius 3 is 2.82 bits per heavy atom. The molecule has 4 nitrogen and oxygen atoms in total. The Morgan fingerprint density at radius 2 is 2.24 bits per heavy atom. The average molecular weight is 237 g/mol. The number of rotatable bonds is 7. The van der Waals surface area contributed by atoms with Crippen molar-refractivity contribution in [2.45, 2.75) is 26.4 Å². The molecule has 0 aliphatic rings. The van der Waals surface area contributed by atoms with Crippen molar-refractivity contribution in [3.8, 4) is 0 Å². The Labute approximate surface area is 104 Å². The molecule has 1 N–H and O–H groups in total. The third kappa shape index (κ3) is 3.98. The van der Waals surface area contributed by atoms with Gasteiger partial charge in [-0.05, 0) is 32.5 Å². The Balaban J connectivity index is 2.91. The summed E-state index contributed by atoms with van der Waals surface area (Å²) in [6, 6.07) is 2.50. The second kappa shape index (κ2) is 7.25. The normalized spacial score (nSPS) is 10.9. The van der Waals surface area contributed by atoms with Gasteiger partial charge in [-0.2, -0.15) is 0 Å². The Hall–Kier alpha value is -1.13. The molecule has 4 heteroatoms. The first-order chi connectivity index (χ1) is 8.20. The molecule has 0 aliphatic carbocycles. The van der Waals surface area contributed by atoms with Gasteiger partial charge in [0.1, 0.15) is 0 Å². The zero-order chi connectivity index (χ0) is 12.7. The maximum absolute atomic E-state index is 5.17. The fourth-order valence-electron chi connectivity index (χ4n) is 1.86. The number of pyridine rings is 1. The molecule has 96 valence electrons. The maximum atomic E-state index is 5.17. The molecule has 0 saturated heterocycles. The molecule has 0 radical (unpaired) electrons. The van der Waals surface area contributed by atoms with Crippen LogP contribution in [0, 0.1) is 0 Å². The molecule has 0 bridgehead atoms. The van der Waals surface area contributed by atoms with Gasteiger partial charge < -0.3 is 15.0 Å². The lowest BCUT2D eigenvalue weighted by molar-refractivity contribution is 0.203. The largest absolute Gasteiger partial charge is 0.383 e. The topological polar surface area (TPSA) is 37.4 Å². The lowest BCUT2D eigenvalue weighted by Gasteiger charge is -2.30. The van der Waals surface area contributed by atoms with E-state index < -0.39 is 0 Å². The SMILES string of the molecule is CNCc1ccncc1N(CCOC)C(C)C. The smallest absolute Gasteiger partial charge is 0.0637 e. The standard InChI is InChI=1S/C13H23N3O/c1-11(2)16(7-8-17-4)13-10-15-6-5-12(13)9-14-3/h5-6,10-11,14H,7-9H2,1-4H3. The fourth-order valence-corrected chi connectivity index (χ4v) is 1.86. The first-order valence-electron chi connectivity index (χ1n) is 6.03. The van der Waals surface area contributed by atoms with Gasteiger partial charge in [0.15, 0.2) is 0 Å². The van der Waals surface area contributed by atoms with Crippen molar-refractivity contribution in [1.29, 1.82) is 0 Å². The van der Waals surface area contributed by atoms with Gasteiger partial charge in [0, 0.05) is 32.4 Å². The van der Waals surface area contributed by atoms with E-state index in [9.17, 15) is 0 Å². The van der Waals surface area contributed by atoms with Gasteiger partial charge in [-0.25, -0.2) is 0 Å². The lowest BCUT2D eigenvalue weighted by atomic mass is 10.1. The molecule has 17 heavy (non-hydrogen) atoms. The second-order valence-corrected chi connectivity index (χ2v) is 4.31. The van der Waals surface area contributed by atoms with E-state index in [0.29, 0.717) is 6.04 Å². The predicted molar refractivity (Wildman–Crippen MR) is 71.4 cm³/mol. The summed E-state index contributed by atoms with van der Waals surface area (Å²) in [4.78, 5) is 6.55. The zero-order valence-electron chi connectivity index (χ0n) is 11.2. The highest BCUT2D eigenvalue weighted by Crippen LogP contribution is 2.21. The van der Waals surface area contributed by atoms with E-state index in [1.807, 2.05) is 19.4 Å². The van der Waals surface area contributed by atoms with Crippen molar-refractivity contribution in [2.75, 3.05) is 32.2 Å². The summed E-state index contributed by atoms with van der Waals surface area (Å²) in [5.41, 5.74) is 2.46. The van der Waals surface area contributed by atoms with E-state index in [2.05, 4.69) is 35.1 Å². The average Bonchev–Trinajstić information content (AvgIpc) is 2.31. The van der Waals surface area contributed by atoms with Crippen molar-refractivity contribution >= 4 is 5.69 Å². The molecule has 1 heterocycles. The van der Waals surface area contributed by atoms with Crippen molar-refractivity contribution < 1.29 is 4.74 Å².